The lowest BCUT2D eigenvalue weighted by Crippen LogP contribution is -2.46. The number of nitrogens with zero attached hydrogens (tertiary/aromatic N) is 1. The first-order valence-electron chi connectivity index (χ1n) is 16.2. The number of carbonyl (C=O) groups excluding carboxylic acids is 2. The zero-order valence-electron chi connectivity index (χ0n) is 26.9. The molecule has 0 bridgehead atoms. The number of ether oxygens (including phenoxy) is 4. The highest BCUT2D eigenvalue weighted by Crippen LogP contribution is 2.32. The Morgan fingerprint density at radius 2 is 1.45 bits per heavy atom. The quantitative estimate of drug-likeness (QED) is 0.108. The number of fused-ring (bicyclic) bond motifs is 1. The molecule has 5 aromatic rings. The summed E-state index contributed by atoms with van der Waals surface area (Å²) >= 11 is 0. The molecule has 1 saturated heterocycles. The van der Waals surface area contributed by atoms with E-state index in [9.17, 15) is 19.5 Å². The lowest BCUT2D eigenvalue weighted by atomic mass is 9.87. The van der Waals surface area contributed by atoms with Crippen molar-refractivity contribution in [2.45, 2.75) is 31.7 Å². The molecule has 49 heavy (non-hydrogen) atoms. The molecular formula is C40H37NO8. The third-order valence-electron chi connectivity index (χ3n) is 8.61. The van der Waals surface area contributed by atoms with Crippen molar-refractivity contribution in [3.8, 4) is 5.75 Å². The van der Waals surface area contributed by atoms with Gasteiger partial charge in [-0.25, -0.2) is 14.4 Å². The van der Waals surface area contributed by atoms with Crippen molar-refractivity contribution in [1.82, 2.24) is 4.90 Å². The minimum Gasteiger partial charge on any atom is -0.490 e. The van der Waals surface area contributed by atoms with Crippen LogP contribution in [0.3, 0.4) is 0 Å². The van der Waals surface area contributed by atoms with Gasteiger partial charge in [-0.15, -0.1) is 0 Å². The van der Waals surface area contributed by atoms with E-state index < -0.39 is 18.0 Å². The summed E-state index contributed by atoms with van der Waals surface area (Å²) in [6.45, 7) is 1.20. The Morgan fingerprint density at radius 3 is 2.24 bits per heavy atom. The Bertz CT molecular complexity index is 1890. The van der Waals surface area contributed by atoms with Crippen LogP contribution in [-0.4, -0.2) is 60.4 Å². The fourth-order valence-electron chi connectivity index (χ4n) is 6.00. The molecule has 1 fully saturated rings. The van der Waals surface area contributed by atoms with Gasteiger partial charge in [-0.3, -0.25) is 0 Å². The monoisotopic (exact) mass is 659 g/mol. The van der Waals surface area contributed by atoms with Crippen LogP contribution in [0.4, 0.5) is 4.79 Å². The summed E-state index contributed by atoms with van der Waals surface area (Å²) in [5.41, 5.74) is 3.36. The highest BCUT2D eigenvalue weighted by molar-refractivity contribution is 5.92. The van der Waals surface area contributed by atoms with Gasteiger partial charge in [0.2, 0.25) is 0 Å². The molecule has 2 atom stereocenters. The largest absolute Gasteiger partial charge is 0.490 e. The first kappa shape index (κ1) is 33.2. The maximum absolute atomic E-state index is 12.8. The van der Waals surface area contributed by atoms with Gasteiger partial charge in [-0.1, -0.05) is 84.9 Å². The lowest BCUT2D eigenvalue weighted by Gasteiger charge is -2.37. The second-order valence-corrected chi connectivity index (χ2v) is 11.8. The maximum atomic E-state index is 12.8. The van der Waals surface area contributed by atoms with Crippen LogP contribution in [0.25, 0.3) is 10.8 Å². The Morgan fingerprint density at radius 1 is 0.714 bits per heavy atom. The number of esters is 2. The van der Waals surface area contributed by atoms with Gasteiger partial charge in [0.25, 0.3) is 0 Å². The molecule has 2 unspecified atom stereocenters. The summed E-state index contributed by atoms with van der Waals surface area (Å²) in [5.74, 6) is -0.381. The number of piperidine rings is 1. The molecule has 1 N–H and O–H groups in total. The van der Waals surface area contributed by atoms with Crippen molar-refractivity contribution >= 4 is 28.8 Å². The van der Waals surface area contributed by atoms with Crippen molar-refractivity contribution in [3.63, 3.8) is 0 Å². The average Bonchev–Trinajstić information content (AvgIpc) is 3.15. The zero-order valence-corrected chi connectivity index (χ0v) is 26.9. The van der Waals surface area contributed by atoms with E-state index in [0.717, 1.165) is 21.9 Å². The Labute approximate surface area is 284 Å². The van der Waals surface area contributed by atoms with Crippen LogP contribution in [0.2, 0.25) is 0 Å². The number of carbonyl (C=O) groups is 3. The summed E-state index contributed by atoms with van der Waals surface area (Å²) in [6, 6.07) is 37.5. The second kappa shape index (κ2) is 16.0. The van der Waals surface area contributed by atoms with Crippen molar-refractivity contribution in [2.24, 2.45) is 0 Å². The van der Waals surface area contributed by atoms with Gasteiger partial charge >= 0.3 is 18.0 Å². The molecule has 250 valence electrons. The van der Waals surface area contributed by atoms with Crippen LogP contribution >= 0.6 is 0 Å². The minimum absolute atomic E-state index is 0.0121. The summed E-state index contributed by atoms with van der Waals surface area (Å²) < 4.78 is 23.1. The van der Waals surface area contributed by atoms with Crippen LogP contribution in [0, 0.1) is 0 Å². The minimum atomic E-state index is -0.947. The SMILES string of the molecule is O=C(OCc1ccccc1C(=O)OCCOc1ccc(C2CCN(C(=O)O)CC2OCc2ccc3ccccc3c2)cc1)c1ccccc1. The van der Waals surface area contributed by atoms with E-state index in [4.69, 9.17) is 18.9 Å². The Balaban J connectivity index is 1.01. The van der Waals surface area contributed by atoms with Gasteiger partial charge in [-0.05, 0) is 64.7 Å². The molecule has 0 saturated carbocycles. The number of rotatable bonds is 12. The number of hydrogen-bond donors (Lipinski definition) is 1. The van der Waals surface area contributed by atoms with Gasteiger partial charge in [0.05, 0.1) is 30.4 Å². The maximum Gasteiger partial charge on any atom is 0.407 e. The van der Waals surface area contributed by atoms with E-state index >= 15 is 0 Å². The fraction of sp³-hybridized carbons (Fsp3) is 0.225. The van der Waals surface area contributed by atoms with Crippen LogP contribution in [0.5, 0.6) is 5.75 Å². The molecule has 9 nitrogen and oxygen atoms in total. The van der Waals surface area contributed by atoms with Gasteiger partial charge in [-0.2, -0.15) is 0 Å². The molecule has 0 spiro atoms. The number of hydrogen-bond acceptors (Lipinski definition) is 7. The van der Waals surface area contributed by atoms with Gasteiger partial charge in [0.15, 0.2) is 0 Å². The average molecular weight is 660 g/mol. The summed E-state index contributed by atoms with van der Waals surface area (Å²) in [4.78, 5) is 38.4. The molecule has 1 aliphatic rings. The number of benzene rings is 5. The molecule has 1 aliphatic heterocycles. The Hall–Kier alpha value is -5.67. The first-order valence-corrected chi connectivity index (χ1v) is 16.2. The predicted molar refractivity (Wildman–Crippen MR) is 184 cm³/mol. The Kier molecular flexibility index (Phi) is 10.8. The van der Waals surface area contributed by atoms with Crippen molar-refractivity contribution < 1.29 is 38.4 Å². The molecule has 1 heterocycles. The molecule has 0 aromatic heterocycles. The second-order valence-electron chi connectivity index (χ2n) is 11.8. The predicted octanol–water partition coefficient (Wildman–Crippen LogP) is 7.49. The summed E-state index contributed by atoms with van der Waals surface area (Å²) in [5, 5.41) is 11.9. The standard InChI is InChI=1S/C40H37NO8/c42-38(31-9-2-1-3-10-31)49-27-33-12-6-7-13-36(33)39(43)47-23-22-46-34-18-16-30(17-19-34)35-20-21-41(40(44)45)25-37(35)48-26-28-14-15-29-8-4-5-11-32(29)24-28/h1-19,24,35,37H,20-23,25-27H2,(H,44,45). The number of carboxylic acid groups (broad SMARTS) is 1. The third-order valence-corrected chi connectivity index (χ3v) is 8.61. The van der Waals surface area contributed by atoms with Crippen LogP contribution in [0.1, 0.15) is 49.7 Å². The lowest BCUT2D eigenvalue weighted by molar-refractivity contribution is -0.0199. The van der Waals surface area contributed by atoms with Crippen LogP contribution in [0.15, 0.2) is 121 Å². The van der Waals surface area contributed by atoms with Crippen LogP contribution < -0.4 is 4.74 Å². The molecule has 0 aliphatic carbocycles. The third kappa shape index (κ3) is 8.63. The van der Waals surface area contributed by atoms with Crippen molar-refractivity contribution in [3.05, 3.63) is 149 Å². The van der Waals surface area contributed by atoms with Crippen molar-refractivity contribution in [2.75, 3.05) is 26.3 Å². The molecule has 5 aromatic carbocycles. The first-order chi connectivity index (χ1) is 23.9. The molecule has 1 amide bonds. The van der Waals surface area contributed by atoms with E-state index in [0.29, 0.717) is 42.0 Å². The van der Waals surface area contributed by atoms with Gasteiger partial charge < -0.3 is 29.0 Å². The molecule has 9 heteroatoms. The number of likely N-dealkylation sites (tertiary alicyclic amines) is 1. The zero-order chi connectivity index (χ0) is 34.0. The highest BCUT2D eigenvalue weighted by Gasteiger charge is 2.33. The van der Waals surface area contributed by atoms with E-state index in [1.165, 1.54) is 4.90 Å². The van der Waals surface area contributed by atoms with E-state index in [1.807, 2.05) is 48.5 Å². The van der Waals surface area contributed by atoms with E-state index in [-0.39, 0.29) is 38.4 Å². The molecule has 0 radical (unpaired) electrons. The number of amides is 1. The normalized spacial score (nSPS) is 15.8. The summed E-state index contributed by atoms with van der Waals surface area (Å²) in [7, 11) is 0. The molecule has 6 rings (SSSR count). The van der Waals surface area contributed by atoms with E-state index in [1.54, 1.807) is 48.5 Å². The highest BCUT2D eigenvalue weighted by atomic mass is 16.6. The fourth-order valence-corrected chi connectivity index (χ4v) is 6.00. The summed E-state index contributed by atoms with van der Waals surface area (Å²) in [6.07, 6.45) is -0.623. The molecular weight excluding hydrogens is 622 g/mol. The van der Waals surface area contributed by atoms with Gasteiger partial charge in [0, 0.05) is 18.0 Å². The van der Waals surface area contributed by atoms with Crippen molar-refractivity contribution in [1.29, 1.82) is 0 Å². The van der Waals surface area contributed by atoms with E-state index in [2.05, 4.69) is 24.3 Å². The van der Waals surface area contributed by atoms with Gasteiger partial charge in [0.1, 0.15) is 25.6 Å². The topological polar surface area (TPSA) is 112 Å². The van der Waals surface area contributed by atoms with Crippen LogP contribution in [-0.2, 0) is 27.4 Å². The smallest absolute Gasteiger partial charge is 0.407 e.